The monoisotopic (exact) mass is 291 g/mol. The molecule has 2 aliphatic rings. The summed E-state index contributed by atoms with van der Waals surface area (Å²) in [7, 11) is 0. The molecule has 0 spiro atoms. The van der Waals surface area contributed by atoms with Crippen molar-refractivity contribution in [3.8, 4) is 0 Å². The summed E-state index contributed by atoms with van der Waals surface area (Å²) in [6.45, 7) is 2.00. The Morgan fingerprint density at radius 2 is 1.90 bits per heavy atom. The van der Waals surface area contributed by atoms with Gasteiger partial charge in [-0.25, -0.2) is 4.39 Å². The van der Waals surface area contributed by atoms with Crippen molar-refractivity contribution in [2.45, 2.75) is 44.3 Å². The van der Waals surface area contributed by atoms with Crippen molar-refractivity contribution in [3.63, 3.8) is 0 Å². The quantitative estimate of drug-likeness (QED) is 0.849. The van der Waals surface area contributed by atoms with E-state index in [0.717, 1.165) is 18.4 Å². The van der Waals surface area contributed by atoms with Gasteiger partial charge in [0.15, 0.2) is 0 Å². The van der Waals surface area contributed by atoms with Crippen LogP contribution in [0.2, 0.25) is 0 Å². The summed E-state index contributed by atoms with van der Waals surface area (Å²) >= 11 is 0. The van der Waals surface area contributed by atoms with Gasteiger partial charge in [-0.2, -0.15) is 0 Å². The molecule has 3 rings (SSSR count). The van der Waals surface area contributed by atoms with Gasteiger partial charge in [0.2, 0.25) is 11.8 Å². The van der Waals surface area contributed by atoms with E-state index in [0.29, 0.717) is 0 Å². The Morgan fingerprint density at radius 1 is 1.19 bits per heavy atom. The fraction of sp³-hybridized carbons (Fsp3) is 0.500. The van der Waals surface area contributed by atoms with Gasteiger partial charge >= 0.3 is 0 Å². The number of imide groups is 1. The van der Waals surface area contributed by atoms with Crippen LogP contribution in [-0.4, -0.2) is 24.0 Å². The Morgan fingerprint density at radius 3 is 2.52 bits per heavy atom. The predicted molar refractivity (Wildman–Crippen MR) is 74.0 cm³/mol. The highest BCUT2D eigenvalue weighted by Gasteiger charge is 2.43. The molecule has 2 fully saturated rings. The molecule has 0 radical (unpaired) electrons. The predicted octanol–water partition coefficient (Wildman–Crippen LogP) is 2.14. The van der Waals surface area contributed by atoms with E-state index in [4.69, 9.17) is 4.74 Å². The average Bonchev–Trinajstić information content (AvgIpc) is 2.86. The van der Waals surface area contributed by atoms with Crippen molar-refractivity contribution in [1.29, 1.82) is 0 Å². The van der Waals surface area contributed by atoms with E-state index < -0.39 is 5.92 Å². The second-order valence-electron chi connectivity index (χ2n) is 5.87. The molecule has 112 valence electrons. The van der Waals surface area contributed by atoms with Gasteiger partial charge < -0.3 is 4.74 Å². The molecule has 21 heavy (non-hydrogen) atoms. The second kappa shape index (κ2) is 5.56. The van der Waals surface area contributed by atoms with Crippen LogP contribution in [0.1, 0.15) is 37.7 Å². The topological polar surface area (TPSA) is 55.4 Å². The van der Waals surface area contributed by atoms with Crippen LogP contribution in [0.15, 0.2) is 24.3 Å². The van der Waals surface area contributed by atoms with E-state index in [9.17, 15) is 14.0 Å². The lowest BCUT2D eigenvalue weighted by molar-refractivity contribution is -0.139. The van der Waals surface area contributed by atoms with Crippen LogP contribution < -0.4 is 5.32 Å². The summed E-state index contributed by atoms with van der Waals surface area (Å²) in [5, 5.41) is 2.38. The first-order valence-corrected chi connectivity index (χ1v) is 7.29. The third kappa shape index (κ3) is 2.83. The summed E-state index contributed by atoms with van der Waals surface area (Å²) in [5.41, 5.74) is 0.731. The molecule has 4 nitrogen and oxygen atoms in total. The largest absolute Gasteiger partial charge is 0.375 e. The molecule has 1 aromatic rings. The zero-order valence-corrected chi connectivity index (χ0v) is 11.8. The van der Waals surface area contributed by atoms with Gasteiger partial charge in [-0.15, -0.1) is 0 Å². The number of ether oxygens (including phenoxy) is 1. The molecule has 2 aliphatic heterocycles. The summed E-state index contributed by atoms with van der Waals surface area (Å²) < 4.78 is 18.9. The van der Waals surface area contributed by atoms with E-state index in [1.54, 1.807) is 12.1 Å². The highest BCUT2D eigenvalue weighted by atomic mass is 19.1. The van der Waals surface area contributed by atoms with Gasteiger partial charge in [-0.05, 0) is 37.5 Å². The molecule has 2 saturated heterocycles. The fourth-order valence-corrected chi connectivity index (χ4v) is 3.36. The number of piperidine rings is 1. The molecule has 0 bridgehead atoms. The number of benzene rings is 1. The molecule has 1 aromatic carbocycles. The van der Waals surface area contributed by atoms with Crippen molar-refractivity contribution in [2.24, 2.45) is 5.92 Å². The van der Waals surface area contributed by atoms with E-state index in [1.165, 1.54) is 12.1 Å². The minimum absolute atomic E-state index is 0.0925. The lowest BCUT2D eigenvalue weighted by Gasteiger charge is -2.34. The highest BCUT2D eigenvalue weighted by molar-refractivity contribution is 6.01. The zero-order valence-electron chi connectivity index (χ0n) is 11.8. The molecule has 4 unspecified atom stereocenters. The average molecular weight is 291 g/mol. The zero-order chi connectivity index (χ0) is 15.0. The van der Waals surface area contributed by atoms with Crippen molar-refractivity contribution in [2.75, 3.05) is 0 Å². The number of hydrogen-bond acceptors (Lipinski definition) is 3. The fourth-order valence-electron chi connectivity index (χ4n) is 3.36. The lowest BCUT2D eigenvalue weighted by atomic mass is 9.76. The molecular formula is C16H18FNO3. The van der Waals surface area contributed by atoms with Crippen LogP contribution in [-0.2, 0) is 14.3 Å². The van der Waals surface area contributed by atoms with Crippen molar-refractivity contribution in [3.05, 3.63) is 35.6 Å². The van der Waals surface area contributed by atoms with E-state index in [1.807, 2.05) is 6.92 Å². The first-order valence-electron chi connectivity index (χ1n) is 7.29. The molecule has 4 atom stereocenters. The minimum Gasteiger partial charge on any atom is -0.375 e. The Kier molecular flexibility index (Phi) is 3.76. The Balaban J connectivity index is 1.91. The number of halogens is 1. The number of nitrogens with one attached hydrogen (secondary N) is 1. The molecule has 0 aliphatic carbocycles. The first-order chi connectivity index (χ1) is 10.0. The van der Waals surface area contributed by atoms with Crippen molar-refractivity contribution in [1.82, 2.24) is 5.32 Å². The molecule has 0 saturated carbocycles. The first kappa shape index (κ1) is 14.2. The summed E-state index contributed by atoms with van der Waals surface area (Å²) in [4.78, 5) is 24.0. The summed E-state index contributed by atoms with van der Waals surface area (Å²) in [6, 6.07) is 5.91. The molecule has 5 heteroatoms. The van der Waals surface area contributed by atoms with Crippen molar-refractivity contribution >= 4 is 11.8 Å². The normalized spacial score (nSPS) is 33.0. The third-order valence-electron chi connectivity index (χ3n) is 4.37. The maximum atomic E-state index is 13.1. The maximum Gasteiger partial charge on any atom is 0.234 e. The van der Waals surface area contributed by atoms with E-state index in [2.05, 4.69) is 5.32 Å². The van der Waals surface area contributed by atoms with Crippen LogP contribution in [0.4, 0.5) is 4.39 Å². The Hall–Kier alpha value is -1.75. The van der Waals surface area contributed by atoms with Gasteiger partial charge in [0.25, 0.3) is 0 Å². The smallest absolute Gasteiger partial charge is 0.234 e. The molecule has 1 N–H and O–H groups in total. The van der Waals surface area contributed by atoms with Crippen molar-refractivity contribution < 1.29 is 18.7 Å². The number of carbonyl (C=O) groups excluding carboxylic acids is 2. The molecule has 0 aromatic heterocycles. The van der Waals surface area contributed by atoms with Gasteiger partial charge in [0.1, 0.15) is 5.82 Å². The number of amides is 2. The standard InChI is InChI=1S/C16H18FNO3/c1-9-2-7-13(21-9)12-8-14(19)18-16(20)15(12)10-3-5-11(17)6-4-10/h3-6,9,12-13,15H,2,7-8H2,1H3,(H,18,19,20). The highest BCUT2D eigenvalue weighted by Crippen LogP contribution is 2.39. The third-order valence-corrected chi connectivity index (χ3v) is 4.37. The van der Waals surface area contributed by atoms with Gasteiger partial charge in [-0.1, -0.05) is 12.1 Å². The van der Waals surface area contributed by atoms with E-state index in [-0.39, 0.29) is 42.2 Å². The molecule has 2 heterocycles. The van der Waals surface area contributed by atoms with Gasteiger partial charge in [-0.3, -0.25) is 14.9 Å². The SMILES string of the molecule is CC1CCC(C2CC(=O)NC(=O)C2c2ccc(F)cc2)O1. The number of carbonyl (C=O) groups is 2. The summed E-state index contributed by atoms with van der Waals surface area (Å²) in [6.07, 6.45) is 2.12. The Bertz CT molecular complexity index is 557. The van der Waals surface area contributed by atoms with E-state index >= 15 is 0 Å². The van der Waals surface area contributed by atoms with Crippen LogP contribution in [0.5, 0.6) is 0 Å². The summed E-state index contributed by atoms with van der Waals surface area (Å²) in [5.74, 6) is -1.55. The van der Waals surface area contributed by atoms with Crippen LogP contribution in [0.25, 0.3) is 0 Å². The van der Waals surface area contributed by atoms with Crippen LogP contribution in [0, 0.1) is 11.7 Å². The lowest BCUT2D eigenvalue weighted by Crippen LogP contribution is -2.48. The molecular weight excluding hydrogens is 273 g/mol. The second-order valence-corrected chi connectivity index (χ2v) is 5.87. The Labute approximate surface area is 122 Å². The number of rotatable bonds is 2. The molecule has 2 amide bonds. The maximum absolute atomic E-state index is 13.1. The van der Waals surface area contributed by atoms with Gasteiger partial charge in [0, 0.05) is 12.3 Å². The van der Waals surface area contributed by atoms with Crippen LogP contribution >= 0.6 is 0 Å². The van der Waals surface area contributed by atoms with Crippen LogP contribution in [0.3, 0.4) is 0 Å². The minimum atomic E-state index is -0.460. The number of hydrogen-bond donors (Lipinski definition) is 1. The van der Waals surface area contributed by atoms with Gasteiger partial charge in [0.05, 0.1) is 18.1 Å².